The van der Waals surface area contributed by atoms with Crippen LogP contribution in [0.25, 0.3) is 0 Å². The Labute approximate surface area is 178 Å². The van der Waals surface area contributed by atoms with E-state index in [4.69, 9.17) is 15.6 Å². The van der Waals surface area contributed by atoms with Gasteiger partial charge in [-0.2, -0.15) is 11.8 Å². The molecule has 0 radical (unpaired) electrons. The van der Waals surface area contributed by atoms with Crippen molar-refractivity contribution in [2.45, 2.75) is 24.5 Å². The molecule has 29 heavy (non-hydrogen) atoms. The second-order valence-corrected chi connectivity index (χ2v) is 8.47. The van der Waals surface area contributed by atoms with Crippen molar-refractivity contribution in [3.63, 3.8) is 0 Å². The van der Waals surface area contributed by atoms with E-state index in [9.17, 15) is 9.59 Å². The molecule has 0 bridgehead atoms. The Hall–Kier alpha value is -2.44. The Morgan fingerprint density at radius 1 is 1.45 bits per heavy atom. The predicted octanol–water partition coefficient (Wildman–Crippen LogP) is 3.35. The van der Waals surface area contributed by atoms with Crippen LogP contribution in [0.3, 0.4) is 0 Å². The number of ether oxygens (including phenoxy) is 1. The highest BCUT2D eigenvalue weighted by Gasteiger charge is 2.27. The van der Waals surface area contributed by atoms with Gasteiger partial charge in [0.1, 0.15) is 11.5 Å². The van der Waals surface area contributed by atoms with Crippen molar-refractivity contribution in [3.8, 4) is 12.3 Å². The molecule has 1 aliphatic rings. The fraction of sp³-hybridized carbons (Fsp3) is 0.450. The van der Waals surface area contributed by atoms with Crippen LogP contribution in [0.4, 0.5) is 4.79 Å². The van der Waals surface area contributed by atoms with Gasteiger partial charge < -0.3 is 19.4 Å². The minimum Gasteiger partial charge on any atom is -0.468 e. The highest BCUT2D eigenvalue weighted by Crippen LogP contribution is 2.30. The Morgan fingerprint density at radius 2 is 2.28 bits per heavy atom. The Morgan fingerprint density at radius 3 is 3.00 bits per heavy atom. The van der Waals surface area contributed by atoms with Gasteiger partial charge in [-0.05, 0) is 25.0 Å². The van der Waals surface area contributed by atoms with E-state index >= 15 is 0 Å². The summed E-state index contributed by atoms with van der Waals surface area (Å²) in [5, 5.41) is 5.65. The van der Waals surface area contributed by atoms with Gasteiger partial charge in [-0.15, -0.1) is 17.8 Å². The molecule has 0 unspecified atom stereocenters. The van der Waals surface area contributed by atoms with E-state index in [0.29, 0.717) is 25.3 Å². The van der Waals surface area contributed by atoms with Gasteiger partial charge in [0.25, 0.3) is 5.91 Å². The van der Waals surface area contributed by atoms with E-state index in [0.717, 1.165) is 35.1 Å². The number of carbonyl (C=O) groups excluding carboxylic acids is 2. The first-order chi connectivity index (χ1) is 14.2. The number of hydrogen-bond acceptors (Lipinski definition) is 7. The van der Waals surface area contributed by atoms with Gasteiger partial charge in [-0.1, -0.05) is 5.92 Å². The van der Waals surface area contributed by atoms with Crippen LogP contribution in [0.15, 0.2) is 28.2 Å². The van der Waals surface area contributed by atoms with Gasteiger partial charge >= 0.3 is 6.09 Å². The van der Waals surface area contributed by atoms with Crippen LogP contribution in [-0.2, 0) is 10.5 Å². The number of terminal acetylenes is 1. The van der Waals surface area contributed by atoms with Crippen LogP contribution in [0.2, 0.25) is 0 Å². The fourth-order valence-electron chi connectivity index (χ4n) is 2.98. The molecule has 3 rings (SSSR count). The van der Waals surface area contributed by atoms with Crippen molar-refractivity contribution in [1.29, 1.82) is 0 Å². The largest absolute Gasteiger partial charge is 0.468 e. The number of amides is 2. The molecule has 0 spiro atoms. The molecule has 3 heterocycles. The molecule has 1 N–H and O–H groups in total. The summed E-state index contributed by atoms with van der Waals surface area (Å²) in [6, 6.07) is 3.81. The quantitative estimate of drug-likeness (QED) is 0.508. The van der Waals surface area contributed by atoms with E-state index < -0.39 is 0 Å². The first-order valence-electron chi connectivity index (χ1n) is 9.36. The average Bonchev–Trinajstić information content (AvgIpc) is 3.44. The number of thiazole rings is 1. The maximum Gasteiger partial charge on any atom is 0.410 e. The van der Waals surface area contributed by atoms with Gasteiger partial charge in [0.15, 0.2) is 6.61 Å². The summed E-state index contributed by atoms with van der Waals surface area (Å²) in [6.45, 7) is 1.77. The van der Waals surface area contributed by atoms with Crippen molar-refractivity contribution >= 4 is 35.1 Å². The van der Waals surface area contributed by atoms with E-state index in [-0.39, 0.29) is 24.5 Å². The minimum absolute atomic E-state index is 0.00886. The summed E-state index contributed by atoms with van der Waals surface area (Å²) in [5.74, 6) is 4.92. The third-order valence-corrected chi connectivity index (χ3v) is 6.48. The van der Waals surface area contributed by atoms with E-state index in [1.165, 1.54) is 11.3 Å². The maximum atomic E-state index is 12.3. The second-order valence-electron chi connectivity index (χ2n) is 6.48. The van der Waals surface area contributed by atoms with Crippen molar-refractivity contribution in [2.75, 3.05) is 32.0 Å². The Bertz CT molecular complexity index is 836. The predicted molar refractivity (Wildman–Crippen MR) is 113 cm³/mol. The third-order valence-electron chi connectivity index (χ3n) is 4.49. The number of piperidine rings is 1. The zero-order chi connectivity index (χ0) is 20.5. The lowest BCUT2D eigenvalue weighted by Gasteiger charge is -2.30. The molecule has 2 amide bonds. The number of likely N-dealkylation sites (tertiary alicyclic amines) is 1. The molecular weight excluding hydrogens is 410 g/mol. The normalized spacial score (nSPS) is 14.4. The number of hydrogen-bond donors (Lipinski definition) is 1. The fourth-order valence-corrected chi connectivity index (χ4v) is 4.71. The summed E-state index contributed by atoms with van der Waals surface area (Å²) >= 11 is 3.20. The molecule has 2 aromatic rings. The Kier molecular flexibility index (Phi) is 8.02. The molecule has 2 aromatic heterocycles. The molecule has 0 atom stereocenters. The average molecular weight is 434 g/mol. The van der Waals surface area contributed by atoms with Crippen molar-refractivity contribution in [2.24, 2.45) is 0 Å². The summed E-state index contributed by atoms with van der Waals surface area (Å²) < 4.78 is 10.2. The van der Waals surface area contributed by atoms with Crippen molar-refractivity contribution < 1.29 is 18.7 Å². The number of aromatic nitrogens is 1. The molecule has 1 saturated heterocycles. The minimum atomic E-state index is -0.370. The highest BCUT2D eigenvalue weighted by atomic mass is 32.2. The molecule has 154 valence electrons. The first-order valence-corrected chi connectivity index (χ1v) is 11.4. The monoisotopic (exact) mass is 433 g/mol. The lowest BCUT2D eigenvalue weighted by Crippen LogP contribution is -2.38. The van der Waals surface area contributed by atoms with Crippen LogP contribution in [-0.4, -0.2) is 53.9 Å². The van der Waals surface area contributed by atoms with Gasteiger partial charge in [0.2, 0.25) is 0 Å². The summed E-state index contributed by atoms with van der Waals surface area (Å²) in [5.41, 5.74) is 0.455. The first kappa shape index (κ1) is 21.3. The SMILES string of the molecule is C#CCOC(=O)N1CCC(c2nc(C(=O)NCCSCc3ccco3)cs2)CC1. The van der Waals surface area contributed by atoms with Crippen molar-refractivity contribution in [3.05, 3.63) is 40.2 Å². The zero-order valence-corrected chi connectivity index (χ0v) is 17.6. The van der Waals surface area contributed by atoms with Crippen molar-refractivity contribution in [1.82, 2.24) is 15.2 Å². The van der Waals surface area contributed by atoms with Gasteiger partial charge in [0.05, 0.1) is 17.0 Å². The van der Waals surface area contributed by atoms with Gasteiger partial charge in [0, 0.05) is 36.7 Å². The molecule has 0 saturated carbocycles. The Balaban J connectivity index is 1.38. The van der Waals surface area contributed by atoms with Gasteiger partial charge in [-0.3, -0.25) is 4.79 Å². The topological polar surface area (TPSA) is 84.7 Å². The number of nitrogens with one attached hydrogen (secondary N) is 1. The van der Waals surface area contributed by atoms with Crippen LogP contribution in [0, 0.1) is 12.3 Å². The summed E-state index contributed by atoms with van der Waals surface area (Å²) in [6.07, 6.45) is 7.99. The number of furan rings is 1. The van der Waals surface area contributed by atoms with E-state index in [1.807, 2.05) is 12.1 Å². The highest BCUT2D eigenvalue weighted by molar-refractivity contribution is 7.98. The molecule has 1 aliphatic heterocycles. The zero-order valence-electron chi connectivity index (χ0n) is 16.0. The molecule has 0 aliphatic carbocycles. The van der Waals surface area contributed by atoms with Crippen LogP contribution in [0.1, 0.15) is 40.0 Å². The third kappa shape index (κ3) is 6.27. The van der Waals surface area contributed by atoms with Gasteiger partial charge in [-0.25, -0.2) is 9.78 Å². The van der Waals surface area contributed by atoms with Crippen LogP contribution < -0.4 is 5.32 Å². The number of thioether (sulfide) groups is 1. The smallest absolute Gasteiger partial charge is 0.410 e. The van der Waals surface area contributed by atoms with E-state index in [1.54, 1.807) is 28.3 Å². The molecule has 1 fully saturated rings. The molecule has 0 aromatic carbocycles. The molecule has 9 heteroatoms. The maximum absolute atomic E-state index is 12.3. The number of nitrogens with zero attached hydrogens (tertiary/aromatic N) is 2. The lowest BCUT2D eigenvalue weighted by atomic mass is 9.98. The molecule has 7 nitrogen and oxygen atoms in total. The van der Waals surface area contributed by atoms with Crippen LogP contribution >= 0.6 is 23.1 Å². The summed E-state index contributed by atoms with van der Waals surface area (Å²) in [4.78, 5) is 30.3. The van der Waals surface area contributed by atoms with E-state index in [2.05, 4.69) is 16.2 Å². The number of rotatable bonds is 8. The van der Waals surface area contributed by atoms with Crippen LogP contribution in [0.5, 0.6) is 0 Å². The molecular formula is C20H23N3O4S2. The standard InChI is InChI=1S/C20H23N3O4S2/c1-2-10-27-20(25)23-8-5-15(6-9-23)19-22-17(14-29-19)18(24)21-7-12-28-13-16-4-3-11-26-16/h1,3-4,11,14-15H,5-10,12-13H2,(H,21,24). The lowest BCUT2D eigenvalue weighted by molar-refractivity contribution is 0.0951. The second kappa shape index (κ2) is 10.9. The number of carbonyl (C=O) groups is 2. The summed E-state index contributed by atoms with van der Waals surface area (Å²) in [7, 11) is 0.